The Kier molecular flexibility index (Phi) is 2.71. The standard InChI is InChI=1S/C14H12N2O4/c1-15-10-4-2-3-5-11(10)16(14(15)19)8-12-9(13(17)18)6-7-20-12/h2-7H,8H2,1H3,(H,17,18). The van der Waals surface area contributed by atoms with Gasteiger partial charge in [-0.05, 0) is 18.2 Å². The molecule has 0 atom stereocenters. The molecule has 0 saturated carbocycles. The van der Waals surface area contributed by atoms with Crippen LogP contribution in [0.25, 0.3) is 11.0 Å². The lowest BCUT2D eigenvalue weighted by atomic mass is 10.2. The van der Waals surface area contributed by atoms with Crippen molar-refractivity contribution in [3.8, 4) is 0 Å². The molecule has 0 aliphatic rings. The average molecular weight is 272 g/mol. The summed E-state index contributed by atoms with van der Waals surface area (Å²) in [5, 5.41) is 9.07. The van der Waals surface area contributed by atoms with E-state index in [9.17, 15) is 9.59 Å². The van der Waals surface area contributed by atoms with Crippen LogP contribution in [0, 0.1) is 0 Å². The summed E-state index contributed by atoms with van der Waals surface area (Å²) in [7, 11) is 1.68. The Bertz CT molecular complexity index is 854. The van der Waals surface area contributed by atoms with Gasteiger partial charge in [0.15, 0.2) is 0 Å². The predicted octanol–water partition coefficient (Wildman–Crippen LogP) is 1.68. The fourth-order valence-corrected chi connectivity index (χ4v) is 2.31. The number of aryl methyl sites for hydroxylation is 1. The van der Waals surface area contributed by atoms with Gasteiger partial charge in [0.25, 0.3) is 0 Å². The van der Waals surface area contributed by atoms with Crippen LogP contribution in [0.3, 0.4) is 0 Å². The van der Waals surface area contributed by atoms with Crippen LogP contribution in [0.5, 0.6) is 0 Å². The molecule has 2 heterocycles. The summed E-state index contributed by atoms with van der Waals surface area (Å²) >= 11 is 0. The number of carboxylic acid groups (broad SMARTS) is 1. The Morgan fingerprint density at radius 3 is 2.65 bits per heavy atom. The molecule has 102 valence electrons. The van der Waals surface area contributed by atoms with Gasteiger partial charge in [0, 0.05) is 7.05 Å². The minimum Gasteiger partial charge on any atom is -0.478 e. The summed E-state index contributed by atoms with van der Waals surface area (Å²) in [6, 6.07) is 8.72. The van der Waals surface area contributed by atoms with E-state index in [-0.39, 0.29) is 23.6 Å². The van der Waals surface area contributed by atoms with E-state index in [0.29, 0.717) is 0 Å². The lowest BCUT2D eigenvalue weighted by molar-refractivity contribution is 0.0694. The highest BCUT2D eigenvalue weighted by Crippen LogP contribution is 2.16. The Morgan fingerprint density at radius 2 is 1.95 bits per heavy atom. The number of aromatic nitrogens is 2. The van der Waals surface area contributed by atoms with Crippen molar-refractivity contribution in [3.63, 3.8) is 0 Å². The lowest BCUT2D eigenvalue weighted by Gasteiger charge is -2.01. The third kappa shape index (κ3) is 1.73. The maximum atomic E-state index is 12.2. The van der Waals surface area contributed by atoms with E-state index in [1.54, 1.807) is 7.05 Å². The minimum absolute atomic E-state index is 0.0739. The summed E-state index contributed by atoms with van der Waals surface area (Å²) in [5.41, 5.74) is 1.40. The van der Waals surface area contributed by atoms with Gasteiger partial charge in [-0.3, -0.25) is 9.13 Å². The van der Waals surface area contributed by atoms with Crippen LogP contribution in [0.1, 0.15) is 16.1 Å². The highest BCUT2D eigenvalue weighted by Gasteiger charge is 2.17. The van der Waals surface area contributed by atoms with E-state index in [1.807, 2.05) is 24.3 Å². The molecule has 6 nitrogen and oxygen atoms in total. The molecule has 1 N–H and O–H groups in total. The molecule has 0 fully saturated rings. The first-order chi connectivity index (χ1) is 9.59. The number of carboxylic acids is 1. The van der Waals surface area contributed by atoms with Gasteiger partial charge in [-0.1, -0.05) is 12.1 Å². The van der Waals surface area contributed by atoms with E-state index in [4.69, 9.17) is 9.52 Å². The van der Waals surface area contributed by atoms with Crippen molar-refractivity contribution in [3.05, 3.63) is 58.4 Å². The van der Waals surface area contributed by atoms with E-state index in [0.717, 1.165) is 11.0 Å². The number of aromatic carboxylic acids is 1. The number of nitrogens with zero attached hydrogens (tertiary/aromatic N) is 2. The van der Waals surface area contributed by atoms with Crippen molar-refractivity contribution in [1.29, 1.82) is 0 Å². The van der Waals surface area contributed by atoms with Crippen LogP contribution in [-0.4, -0.2) is 20.2 Å². The summed E-state index contributed by atoms with van der Waals surface area (Å²) < 4.78 is 8.22. The second kappa shape index (κ2) is 4.41. The van der Waals surface area contributed by atoms with Crippen molar-refractivity contribution in [2.45, 2.75) is 6.54 Å². The number of rotatable bonds is 3. The van der Waals surface area contributed by atoms with Gasteiger partial charge in [0.05, 0.1) is 23.8 Å². The molecule has 1 aromatic carbocycles. The number of hydrogen-bond acceptors (Lipinski definition) is 3. The first-order valence-electron chi connectivity index (χ1n) is 6.03. The Morgan fingerprint density at radius 1 is 1.25 bits per heavy atom. The largest absolute Gasteiger partial charge is 0.478 e. The number of furan rings is 1. The molecule has 0 aliphatic heterocycles. The van der Waals surface area contributed by atoms with Crippen molar-refractivity contribution in [1.82, 2.24) is 9.13 Å². The molecule has 3 rings (SSSR count). The molecule has 0 spiro atoms. The molecule has 20 heavy (non-hydrogen) atoms. The normalized spacial score (nSPS) is 11.1. The molecule has 0 bridgehead atoms. The second-order valence-electron chi connectivity index (χ2n) is 4.48. The molecule has 0 aliphatic carbocycles. The SMILES string of the molecule is Cn1c(=O)n(Cc2occc2C(=O)O)c2ccccc21. The second-order valence-corrected chi connectivity index (χ2v) is 4.48. The topological polar surface area (TPSA) is 77.4 Å². The van der Waals surface area contributed by atoms with Gasteiger partial charge in [-0.15, -0.1) is 0 Å². The molecule has 0 amide bonds. The van der Waals surface area contributed by atoms with Crippen LogP contribution < -0.4 is 5.69 Å². The van der Waals surface area contributed by atoms with E-state index < -0.39 is 5.97 Å². The van der Waals surface area contributed by atoms with Crippen molar-refractivity contribution in [2.75, 3.05) is 0 Å². The van der Waals surface area contributed by atoms with Gasteiger partial charge in [-0.2, -0.15) is 0 Å². The maximum absolute atomic E-state index is 12.2. The van der Waals surface area contributed by atoms with Crippen molar-refractivity contribution in [2.24, 2.45) is 7.05 Å². The van der Waals surface area contributed by atoms with Crippen molar-refractivity contribution >= 4 is 17.0 Å². The third-order valence-electron chi connectivity index (χ3n) is 3.33. The molecule has 3 aromatic rings. The molecule has 0 saturated heterocycles. The summed E-state index contributed by atoms with van der Waals surface area (Å²) in [6.07, 6.45) is 1.31. The maximum Gasteiger partial charge on any atom is 0.339 e. The highest BCUT2D eigenvalue weighted by molar-refractivity contribution is 5.88. The average Bonchev–Trinajstić information content (AvgIpc) is 2.99. The number of hydrogen-bond donors (Lipinski definition) is 1. The summed E-state index contributed by atoms with van der Waals surface area (Å²) in [5.74, 6) is -0.807. The Balaban J connectivity index is 2.16. The zero-order valence-corrected chi connectivity index (χ0v) is 10.7. The van der Waals surface area contributed by atoms with Gasteiger partial charge in [0.1, 0.15) is 11.3 Å². The molecular formula is C14H12N2O4. The number of carbonyl (C=O) groups is 1. The summed E-state index contributed by atoms with van der Waals surface area (Å²) in [4.78, 5) is 23.3. The first kappa shape index (κ1) is 12.3. The smallest absolute Gasteiger partial charge is 0.339 e. The van der Waals surface area contributed by atoms with E-state index in [2.05, 4.69) is 0 Å². The predicted molar refractivity (Wildman–Crippen MR) is 71.9 cm³/mol. The summed E-state index contributed by atoms with van der Waals surface area (Å²) in [6.45, 7) is 0.0921. The zero-order chi connectivity index (χ0) is 14.3. The van der Waals surface area contributed by atoms with E-state index >= 15 is 0 Å². The van der Waals surface area contributed by atoms with Crippen molar-refractivity contribution < 1.29 is 14.3 Å². The van der Waals surface area contributed by atoms with Crippen LogP contribution in [0.15, 0.2) is 45.8 Å². The number of fused-ring (bicyclic) bond motifs is 1. The van der Waals surface area contributed by atoms with Crippen LogP contribution in [0.4, 0.5) is 0 Å². The molecule has 0 radical (unpaired) electrons. The van der Waals surface area contributed by atoms with Crippen LogP contribution >= 0.6 is 0 Å². The molecule has 2 aromatic heterocycles. The number of benzene rings is 1. The quantitative estimate of drug-likeness (QED) is 0.787. The minimum atomic E-state index is -1.07. The Labute approximate surface area is 113 Å². The Hall–Kier alpha value is -2.76. The fourth-order valence-electron chi connectivity index (χ4n) is 2.31. The molecular weight excluding hydrogens is 260 g/mol. The zero-order valence-electron chi connectivity index (χ0n) is 10.7. The van der Waals surface area contributed by atoms with Gasteiger partial charge in [0.2, 0.25) is 0 Å². The number of para-hydroxylation sites is 2. The van der Waals surface area contributed by atoms with Crippen LogP contribution in [0.2, 0.25) is 0 Å². The van der Waals surface area contributed by atoms with E-state index in [1.165, 1.54) is 21.5 Å². The fraction of sp³-hybridized carbons (Fsp3) is 0.143. The molecule has 6 heteroatoms. The monoisotopic (exact) mass is 272 g/mol. The molecule has 0 unspecified atom stereocenters. The highest BCUT2D eigenvalue weighted by atomic mass is 16.4. The number of imidazole rings is 1. The lowest BCUT2D eigenvalue weighted by Crippen LogP contribution is -2.23. The van der Waals surface area contributed by atoms with Gasteiger partial charge >= 0.3 is 11.7 Å². The van der Waals surface area contributed by atoms with Gasteiger partial charge < -0.3 is 9.52 Å². The van der Waals surface area contributed by atoms with Crippen LogP contribution in [-0.2, 0) is 13.6 Å². The third-order valence-corrected chi connectivity index (χ3v) is 3.33. The van der Waals surface area contributed by atoms with Gasteiger partial charge in [-0.25, -0.2) is 9.59 Å². The first-order valence-corrected chi connectivity index (χ1v) is 6.03.